The Bertz CT molecular complexity index is 1410. The van der Waals surface area contributed by atoms with Gasteiger partial charge in [-0.2, -0.15) is 0 Å². The van der Waals surface area contributed by atoms with E-state index in [-0.39, 0.29) is 22.0 Å². The molecule has 0 radical (unpaired) electrons. The maximum absolute atomic E-state index is 12.3. The highest BCUT2D eigenvalue weighted by Gasteiger charge is 2.56. The molecule has 4 nitrogen and oxygen atoms in total. The number of halogens is 1. The third-order valence-corrected chi connectivity index (χ3v) is 9.06. The van der Waals surface area contributed by atoms with Gasteiger partial charge in [-0.05, 0) is 51.9 Å². The van der Waals surface area contributed by atoms with Gasteiger partial charge >= 0.3 is 5.97 Å². The number of methoxy groups -OCH3 is 1. The zero-order valence-corrected chi connectivity index (χ0v) is 23.7. The van der Waals surface area contributed by atoms with Crippen molar-refractivity contribution in [2.75, 3.05) is 13.7 Å². The molecular formula is C33H30INO3. The molecule has 3 atom stereocenters. The number of hydrogen-bond donors (Lipinski definition) is 0. The molecule has 0 spiro atoms. The molecule has 0 saturated carbocycles. The van der Waals surface area contributed by atoms with Gasteiger partial charge in [0.25, 0.3) is 0 Å². The van der Waals surface area contributed by atoms with Crippen LogP contribution in [0, 0.1) is 0 Å². The Balaban J connectivity index is 1.58. The van der Waals surface area contributed by atoms with Crippen LogP contribution in [0.3, 0.4) is 0 Å². The predicted molar refractivity (Wildman–Crippen MR) is 159 cm³/mol. The maximum Gasteiger partial charge on any atom is 0.302 e. The van der Waals surface area contributed by atoms with Gasteiger partial charge in [-0.15, -0.1) is 0 Å². The van der Waals surface area contributed by atoms with E-state index in [1.165, 1.54) is 40.3 Å². The minimum absolute atomic E-state index is 0.0337. The average molecular weight is 616 g/mol. The summed E-state index contributed by atoms with van der Waals surface area (Å²) in [6, 6.07) is 36.6. The fourth-order valence-electron chi connectivity index (χ4n) is 6.48. The highest BCUT2D eigenvalue weighted by atomic mass is 127. The van der Waals surface area contributed by atoms with E-state index in [0.29, 0.717) is 0 Å². The lowest BCUT2D eigenvalue weighted by Gasteiger charge is -2.45. The van der Waals surface area contributed by atoms with Gasteiger partial charge < -0.3 is 9.47 Å². The molecule has 0 unspecified atom stereocenters. The van der Waals surface area contributed by atoms with Crippen LogP contribution in [-0.4, -0.2) is 40.6 Å². The van der Waals surface area contributed by atoms with Crippen molar-refractivity contribution in [1.82, 2.24) is 4.90 Å². The molecule has 0 aromatic heterocycles. The Labute approximate surface area is 237 Å². The SMILES string of the molecule is COc1ccc(C[C@H]2[C@@H](OC(C)=O)[C@@H](I)CN2C2(c3ccccc3)c3ccccc3-c3ccccc32)cc1. The Morgan fingerprint density at radius 3 is 2.03 bits per heavy atom. The highest BCUT2D eigenvalue weighted by molar-refractivity contribution is 14.1. The number of nitrogens with zero attached hydrogens (tertiary/aromatic N) is 1. The van der Waals surface area contributed by atoms with Crippen LogP contribution in [0.2, 0.25) is 0 Å². The number of benzene rings is 4. The Morgan fingerprint density at radius 2 is 1.45 bits per heavy atom. The van der Waals surface area contributed by atoms with Crippen molar-refractivity contribution in [3.63, 3.8) is 0 Å². The van der Waals surface area contributed by atoms with E-state index in [9.17, 15) is 4.79 Å². The molecule has 1 fully saturated rings. The topological polar surface area (TPSA) is 38.8 Å². The average Bonchev–Trinajstić information content (AvgIpc) is 3.41. The second-order valence-corrected chi connectivity index (χ2v) is 11.6. The normalized spacial score (nSPS) is 21.5. The van der Waals surface area contributed by atoms with E-state index in [2.05, 4.69) is 118 Å². The number of hydrogen-bond acceptors (Lipinski definition) is 4. The first-order chi connectivity index (χ1) is 18.5. The lowest BCUT2D eigenvalue weighted by molar-refractivity contribution is -0.147. The molecule has 4 aromatic rings. The molecule has 1 heterocycles. The lowest BCUT2D eigenvalue weighted by Crippen LogP contribution is -2.52. The summed E-state index contributed by atoms with van der Waals surface area (Å²) in [6.07, 6.45) is 0.510. The molecule has 2 aliphatic rings. The quantitative estimate of drug-likeness (QED) is 0.139. The summed E-state index contributed by atoms with van der Waals surface area (Å²) >= 11 is 2.48. The first-order valence-corrected chi connectivity index (χ1v) is 14.2. The highest BCUT2D eigenvalue weighted by Crippen LogP contribution is 2.56. The summed E-state index contributed by atoms with van der Waals surface area (Å²) in [5.41, 5.74) is 6.98. The fraction of sp³-hybridized carbons (Fsp3) is 0.242. The van der Waals surface area contributed by atoms with E-state index < -0.39 is 5.54 Å². The van der Waals surface area contributed by atoms with Crippen LogP contribution in [-0.2, 0) is 21.5 Å². The molecule has 1 saturated heterocycles. The van der Waals surface area contributed by atoms with Gasteiger partial charge in [0, 0.05) is 13.5 Å². The molecule has 192 valence electrons. The van der Waals surface area contributed by atoms with Crippen LogP contribution in [0.15, 0.2) is 103 Å². The summed E-state index contributed by atoms with van der Waals surface area (Å²) in [5.74, 6) is 0.596. The largest absolute Gasteiger partial charge is 0.497 e. The number of likely N-dealkylation sites (tertiary alicyclic amines) is 1. The smallest absolute Gasteiger partial charge is 0.302 e. The number of rotatable bonds is 6. The van der Waals surface area contributed by atoms with Crippen LogP contribution in [0.1, 0.15) is 29.2 Å². The van der Waals surface area contributed by atoms with Crippen LogP contribution in [0.25, 0.3) is 11.1 Å². The van der Waals surface area contributed by atoms with E-state index in [4.69, 9.17) is 9.47 Å². The van der Waals surface area contributed by atoms with Gasteiger partial charge in [-0.1, -0.05) is 114 Å². The summed E-state index contributed by atoms with van der Waals surface area (Å²) in [6.45, 7) is 2.31. The minimum atomic E-state index is -0.510. The molecule has 1 aliphatic carbocycles. The summed E-state index contributed by atoms with van der Waals surface area (Å²) in [4.78, 5) is 15.0. The second kappa shape index (κ2) is 10.2. The molecule has 38 heavy (non-hydrogen) atoms. The van der Waals surface area contributed by atoms with Gasteiger partial charge in [0.05, 0.1) is 22.6 Å². The van der Waals surface area contributed by atoms with E-state index in [0.717, 1.165) is 18.7 Å². The van der Waals surface area contributed by atoms with E-state index in [1.807, 2.05) is 12.1 Å². The van der Waals surface area contributed by atoms with Gasteiger partial charge in [-0.3, -0.25) is 9.69 Å². The zero-order chi connectivity index (χ0) is 26.3. The van der Waals surface area contributed by atoms with Crippen molar-refractivity contribution in [3.8, 4) is 16.9 Å². The van der Waals surface area contributed by atoms with Crippen molar-refractivity contribution in [1.29, 1.82) is 0 Å². The number of fused-ring (bicyclic) bond motifs is 3. The number of esters is 1. The third kappa shape index (κ3) is 4.03. The van der Waals surface area contributed by atoms with Crippen LogP contribution in [0.5, 0.6) is 5.75 Å². The molecule has 5 heteroatoms. The van der Waals surface area contributed by atoms with Crippen molar-refractivity contribution < 1.29 is 14.3 Å². The Hall–Kier alpha value is -3.16. The van der Waals surface area contributed by atoms with E-state index in [1.54, 1.807) is 7.11 Å². The zero-order valence-electron chi connectivity index (χ0n) is 21.5. The number of alkyl halides is 1. The first kappa shape index (κ1) is 25.1. The van der Waals surface area contributed by atoms with E-state index >= 15 is 0 Å². The number of carbonyl (C=O) groups is 1. The standard InChI is InChI=1S/C33H30INO3/c1-22(36)38-32-30(34)21-35(31(32)20-23-16-18-25(37-2)19-17-23)33(24-10-4-3-5-11-24)28-14-8-6-12-26(28)27-13-7-9-15-29(27)33/h3-19,30-32H,20-21H2,1-2H3/t30-,31-,32-/m0/s1. The molecule has 0 N–H and O–H groups in total. The fourth-order valence-corrected chi connectivity index (χ4v) is 7.53. The van der Waals surface area contributed by atoms with Crippen LogP contribution < -0.4 is 4.74 Å². The molecular weight excluding hydrogens is 585 g/mol. The second-order valence-electron chi connectivity index (χ2n) is 10.0. The number of carbonyl (C=O) groups excluding carboxylic acids is 1. The monoisotopic (exact) mass is 615 g/mol. The third-order valence-electron chi connectivity index (χ3n) is 7.96. The summed E-state index contributed by atoms with van der Waals surface area (Å²) in [7, 11) is 1.68. The molecule has 4 aromatic carbocycles. The molecule has 1 aliphatic heterocycles. The molecule has 0 amide bonds. The minimum Gasteiger partial charge on any atom is -0.497 e. The van der Waals surface area contributed by atoms with Crippen LogP contribution >= 0.6 is 22.6 Å². The Morgan fingerprint density at radius 1 is 0.868 bits per heavy atom. The predicted octanol–water partition coefficient (Wildman–Crippen LogP) is 6.63. The molecule has 6 rings (SSSR count). The molecule has 0 bridgehead atoms. The van der Waals surface area contributed by atoms with Crippen molar-refractivity contribution in [3.05, 3.63) is 125 Å². The van der Waals surface area contributed by atoms with Crippen LogP contribution in [0.4, 0.5) is 0 Å². The maximum atomic E-state index is 12.3. The number of ether oxygens (including phenoxy) is 2. The summed E-state index contributed by atoms with van der Waals surface area (Å²) < 4.78 is 11.6. The van der Waals surface area contributed by atoms with Crippen molar-refractivity contribution in [2.45, 2.75) is 35.0 Å². The van der Waals surface area contributed by atoms with Gasteiger partial charge in [0.1, 0.15) is 11.9 Å². The van der Waals surface area contributed by atoms with Crippen molar-refractivity contribution >= 4 is 28.6 Å². The van der Waals surface area contributed by atoms with Crippen molar-refractivity contribution in [2.24, 2.45) is 0 Å². The Kier molecular flexibility index (Phi) is 6.74. The lowest BCUT2D eigenvalue weighted by atomic mass is 9.78. The summed E-state index contributed by atoms with van der Waals surface area (Å²) in [5, 5.41) is 0. The van der Waals surface area contributed by atoms with Gasteiger partial charge in [0.2, 0.25) is 0 Å². The van der Waals surface area contributed by atoms with Gasteiger partial charge in [-0.25, -0.2) is 0 Å². The van der Waals surface area contributed by atoms with Gasteiger partial charge in [0.15, 0.2) is 0 Å². The first-order valence-electron chi connectivity index (χ1n) is 13.0.